The van der Waals surface area contributed by atoms with Crippen molar-refractivity contribution in [2.24, 2.45) is 16.9 Å². The Balaban J connectivity index is 1.61. The van der Waals surface area contributed by atoms with Crippen LogP contribution in [0.15, 0.2) is 71.8 Å². The fraction of sp³-hybridized carbons (Fsp3) is 0.276. The minimum absolute atomic E-state index is 0.238. The minimum atomic E-state index is -0.925. The van der Waals surface area contributed by atoms with Gasteiger partial charge in [0.25, 0.3) is 5.91 Å². The maximum atomic E-state index is 12.8. The van der Waals surface area contributed by atoms with Crippen LogP contribution in [0.5, 0.6) is 17.2 Å². The van der Waals surface area contributed by atoms with Gasteiger partial charge in [-0.1, -0.05) is 43.7 Å². The third-order valence-corrected chi connectivity index (χ3v) is 5.64. The molecule has 0 radical (unpaired) electrons. The molecule has 0 bridgehead atoms. The Labute approximate surface area is 217 Å². The molecule has 37 heavy (non-hydrogen) atoms. The van der Waals surface area contributed by atoms with Crippen molar-refractivity contribution in [1.82, 2.24) is 5.43 Å². The van der Waals surface area contributed by atoms with Crippen molar-refractivity contribution >= 4 is 23.7 Å². The molecule has 0 aliphatic rings. The molecule has 2 amide bonds. The number of hydrogen-bond donors (Lipinski definition) is 2. The highest BCUT2D eigenvalue weighted by atomic mass is 16.5. The summed E-state index contributed by atoms with van der Waals surface area (Å²) in [6.07, 6.45) is 1.49. The highest BCUT2D eigenvalue weighted by Gasteiger charge is 2.30. The van der Waals surface area contributed by atoms with Crippen LogP contribution in [0.2, 0.25) is 0 Å². The molecule has 8 heteroatoms. The summed E-state index contributed by atoms with van der Waals surface area (Å²) in [6, 6.07) is 20.4. The largest absolute Gasteiger partial charge is 0.497 e. The van der Waals surface area contributed by atoms with Gasteiger partial charge in [-0.15, -0.1) is 0 Å². The predicted octanol–water partition coefficient (Wildman–Crippen LogP) is 4.95. The lowest BCUT2D eigenvalue weighted by atomic mass is 9.94. The van der Waals surface area contributed by atoms with Gasteiger partial charge in [-0.25, -0.2) is 5.43 Å². The number of nitrogens with zero attached hydrogens (tertiary/aromatic N) is 1. The Morgan fingerprint density at radius 1 is 0.919 bits per heavy atom. The number of benzene rings is 3. The molecule has 0 heterocycles. The molecule has 3 rings (SSSR count). The first kappa shape index (κ1) is 27.3. The minimum Gasteiger partial charge on any atom is -0.497 e. The number of carbonyl (C=O) groups is 2. The van der Waals surface area contributed by atoms with Crippen LogP contribution in [0.1, 0.15) is 30.5 Å². The van der Waals surface area contributed by atoms with E-state index in [4.69, 9.17) is 14.2 Å². The van der Waals surface area contributed by atoms with Crippen LogP contribution in [0.4, 0.5) is 5.69 Å². The lowest BCUT2D eigenvalue weighted by Gasteiger charge is -2.18. The van der Waals surface area contributed by atoms with E-state index in [2.05, 4.69) is 21.9 Å². The molecule has 194 valence electrons. The average molecular weight is 504 g/mol. The number of rotatable bonds is 11. The maximum absolute atomic E-state index is 12.8. The first-order valence-corrected chi connectivity index (χ1v) is 11.9. The normalized spacial score (nSPS) is 11.7. The summed E-state index contributed by atoms with van der Waals surface area (Å²) in [5, 5.41) is 6.82. The fourth-order valence-electron chi connectivity index (χ4n) is 3.71. The lowest BCUT2D eigenvalue weighted by Crippen LogP contribution is -2.39. The molecule has 1 atom stereocenters. The third kappa shape index (κ3) is 7.83. The monoisotopic (exact) mass is 503 g/mol. The summed E-state index contributed by atoms with van der Waals surface area (Å²) >= 11 is 0. The van der Waals surface area contributed by atoms with E-state index in [9.17, 15) is 9.59 Å². The molecule has 0 spiro atoms. The van der Waals surface area contributed by atoms with Crippen LogP contribution in [0.3, 0.4) is 0 Å². The van der Waals surface area contributed by atoms with Gasteiger partial charge < -0.3 is 19.5 Å². The first-order valence-electron chi connectivity index (χ1n) is 11.9. The zero-order chi connectivity index (χ0) is 26.8. The number of aryl methyl sites for hydroxylation is 1. The summed E-state index contributed by atoms with van der Waals surface area (Å²) in [6.45, 7) is 6.06. The van der Waals surface area contributed by atoms with E-state index in [-0.39, 0.29) is 5.92 Å². The second-order valence-electron chi connectivity index (χ2n) is 8.86. The van der Waals surface area contributed by atoms with Gasteiger partial charge in [0.05, 0.1) is 20.4 Å². The Bertz CT molecular complexity index is 1240. The van der Waals surface area contributed by atoms with Crippen molar-refractivity contribution in [3.8, 4) is 17.2 Å². The van der Waals surface area contributed by atoms with E-state index in [0.717, 1.165) is 5.56 Å². The highest BCUT2D eigenvalue weighted by Crippen LogP contribution is 2.28. The van der Waals surface area contributed by atoms with Crippen LogP contribution in [0, 0.1) is 18.8 Å². The van der Waals surface area contributed by atoms with Crippen molar-refractivity contribution < 1.29 is 23.8 Å². The summed E-state index contributed by atoms with van der Waals surface area (Å²) in [4.78, 5) is 25.6. The van der Waals surface area contributed by atoms with Gasteiger partial charge in [-0.2, -0.15) is 5.10 Å². The van der Waals surface area contributed by atoms with Crippen LogP contribution in [0.25, 0.3) is 0 Å². The van der Waals surface area contributed by atoms with Crippen LogP contribution in [-0.4, -0.2) is 32.2 Å². The Morgan fingerprint density at radius 2 is 1.68 bits per heavy atom. The van der Waals surface area contributed by atoms with Gasteiger partial charge in [0.2, 0.25) is 5.91 Å². The van der Waals surface area contributed by atoms with Gasteiger partial charge >= 0.3 is 0 Å². The van der Waals surface area contributed by atoms with Gasteiger partial charge in [-0.05, 0) is 66.4 Å². The van der Waals surface area contributed by atoms with E-state index < -0.39 is 17.7 Å². The summed E-state index contributed by atoms with van der Waals surface area (Å²) < 4.78 is 16.5. The topological polar surface area (TPSA) is 98.2 Å². The molecule has 0 aliphatic carbocycles. The van der Waals surface area contributed by atoms with Gasteiger partial charge in [0, 0.05) is 5.69 Å². The predicted molar refractivity (Wildman–Crippen MR) is 144 cm³/mol. The molecule has 3 aromatic rings. The molecular formula is C29H33N3O5. The van der Waals surface area contributed by atoms with Crippen molar-refractivity contribution in [3.63, 3.8) is 0 Å². The number of methoxy groups -OCH3 is 2. The van der Waals surface area contributed by atoms with Gasteiger partial charge in [0.15, 0.2) is 11.5 Å². The van der Waals surface area contributed by atoms with Crippen molar-refractivity contribution in [2.75, 3.05) is 19.5 Å². The zero-order valence-corrected chi connectivity index (χ0v) is 21.8. The number of hydrazone groups is 1. The molecule has 0 saturated carbocycles. The summed E-state index contributed by atoms with van der Waals surface area (Å²) in [7, 11) is 3.13. The number of ether oxygens (including phenoxy) is 3. The number of amides is 2. The quantitative estimate of drug-likeness (QED) is 0.219. The average Bonchev–Trinajstić information content (AvgIpc) is 2.88. The fourth-order valence-corrected chi connectivity index (χ4v) is 3.71. The van der Waals surface area contributed by atoms with E-state index in [0.29, 0.717) is 35.1 Å². The third-order valence-electron chi connectivity index (χ3n) is 5.64. The summed E-state index contributed by atoms with van der Waals surface area (Å²) in [5.41, 5.74) is 5.98. The second-order valence-corrected chi connectivity index (χ2v) is 8.86. The molecular weight excluding hydrogens is 470 g/mol. The standard InChI is InChI=1S/C29H33N3O5/c1-19(2)27(28(33)31-23-10-12-24(35-4)13-11-23)29(34)32-30-17-21-9-14-25(26(16-21)36-5)37-18-22-8-6-7-20(3)15-22/h6-17,19,27H,18H2,1-5H3,(H,31,33)(H,32,34). The Kier molecular flexibility index (Phi) is 9.66. The maximum Gasteiger partial charge on any atom is 0.252 e. The van der Waals surface area contributed by atoms with E-state index in [1.165, 1.54) is 11.8 Å². The van der Waals surface area contributed by atoms with Crippen LogP contribution in [-0.2, 0) is 16.2 Å². The van der Waals surface area contributed by atoms with Gasteiger partial charge in [-0.3, -0.25) is 9.59 Å². The Hall–Kier alpha value is -4.33. The first-order chi connectivity index (χ1) is 17.8. The number of anilines is 1. The molecule has 2 N–H and O–H groups in total. The van der Waals surface area contributed by atoms with Gasteiger partial charge in [0.1, 0.15) is 18.3 Å². The molecule has 3 aromatic carbocycles. The van der Waals surface area contributed by atoms with E-state index in [1.54, 1.807) is 56.7 Å². The molecule has 8 nitrogen and oxygen atoms in total. The SMILES string of the molecule is COc1ccc(NC(=O)C(C(=O)NN=Cc2ccc(OCc3cccc(C)c3)c(OC)c2)C(C)C)cc1. The van der Waals surface area contributed by atoms with Crippen molar-refractivity contribution in [2.45, 2.75) is 27.4 Å². The molecule has 0 fully saturated rings. The summed E-state index contributed by atoms with van der Waals surface area (Å²) in [5.74, 6) is -0.258. The molecule has 1 unspecified atom stereocenters. The zero-order valence-electron chi connectivity index (χ0n) is 21.8. The van der Waals surface area contributed by atoms with Crippen molar-refractivity contribution in [1.29, 1.82) is 0 Å². The molecule has 0 aromatic heterocycles. The van der Waals surface area contributed by atoms with E-state index in [1.807, 2.05) is 39.0 Å². The molecule has 0 saturated heterocycles. The number of nitrogens with one attached hydrogen (secondary N) is 2. The molecule has 0 aliphatic heterocycles. The lowest BCUT2D eigenvalue weighted by molar-refractivity contribution is -0.134. The highest BCUT2D eigenvalue weighted by molar-refractivity contribution is 6.06. The Morgan fingerprint density at radius 3 is 2.32 bits per heavy atom. The van der Waals surface area contributed by atoms with Crippen LogP contribution >= 0.6 is 0 Å². The number of hydrogen-bond acceptors (Lipinski definition) is 6. The van der Waals surface area contributed by atoms with E-state index >= 15 is 0 Å². The van der Waals surface area contributed by atoms with Crippen molar-refractivity contribution in [3.05, 3.63) is 83.4 Å². The second kappa shape index (κ2) is 13.1. The smallest absolute Gasteiger partial charge is 0.252 e. The van der Waals surface area contributed by atoms with Crippen LogP contribution < -0.4 is 25.0 Å². The number of carbonyl (C=O) groups excluding carboxylic acids is 2.